The maximum atomic E-state index is 10.7. The van der Waals surface area contributed by atoms with Gasteiger partial charge in [0.15, 0.2) is 0 Å². The maximum absolute atomic E-state index is 10.7. The molecule has 0 aromatic heterocycles. The lowest BCUT2D eigenvalue weighted by Crippen LogP contribution is -2.34. The van der Waals surface area contributed by atoms with E-state index in [0.717, 1.165) is 16.8 Å². The Morgan fingerprint density at radius 3 is 2.93 bits per heavy atom. The fourth-order valence-electron chi connectivity index (χ4n) is 2.06. The highest BCUT2D eigenvalue weighted by Crippen LogP contribution is 2.37. The van der Waals surface area contributed by atoms with Gasteiger partial charge in [-0.3, -0.25) is 0 Å². The Kier molecular flexibility index (Phi) is 2.44. The number of nitroso groups, excluding NO2 is 1. The van der Waals surface area contributed by atoms with Crippen molar-refractivity contribution in [2.75, 3.05) is 5.01 Å². The SMILES string of the molecule is Cc1ccc2c(c1)[C@@H](O)C[C@@H](C)N2N=O. The maximum Gasteiger partial charge on any atom is 0.0831 e. The van der Waals surface area contributed by atoms with Gasteiger partial charge in [-0.1, -0.05) is 17.7 Å². The summed E-state index contributed by atoms with van der Waals surface area (Å²) in [5.74, 6) is 0. The molecule has 4 heteroatoms. The van der Waals surface area contributed by atoms with E-state index in [1.165, 1.54) is 5.01 Å². The zero-order chi connectivity index (χ0) is 11.0. The molecule has 2 atom stereocenters. The second kappa shape index (κ2) is 3.62. The summed E-state index contributed by atoms with van der Waals surface area (Å²) in [5.41, 5.74) is 2.60. The first-order valence-electron chi connectivity index (χ1n) is 5.04. The van der Waals surface area contributed by atoms with Gasteiger partial charge in [0.25, 0.3) is 0 Å². The van der Waals surface area contributed by atoms with E-state index in [9.17, 15) is 10.0 Å². The van der Waals surface area contributed by atoms with Gasteiger partial charge < -0.3 is 5.11 Å². The smallest absolute Gasteiger partial charge is 0.0831 e. The van der Waals surface area contributed by atoms with Crippen LogP contribution in [0.15, 0.2) is 23.5 Å². The molecule has 1 aliphatic rings. The molecule has 0 saturated heterocycles. The van der Waals surface area contributed by atoms with Crippen molar-refractivity contribution in [3.05, 3.63) is 34.2 Å². The number of hydrogen-bond donors (Lipinski definition) is 1. The van der Waals surface area contributed by atoms with Crippen molar-refractivity contribution in [2.45, 2.75) is 32.4 Å². The molecule has 0 fully saturated rings. The molecule has 1 aliphatic heterocycles. The molecule has 0 spiro atoms. The van der Waals surface area contributed by atoms with Crippen molar-refractivity contribution in [1.29, 1.82) is 0 Å². The zero-order valence-electron chi connectivity index (χ0n) is 8.84. The van der Waals surface area contributed by atoms with Crippen LogP contribution >= 0.6 is 0 Å². The molecule has 2 rings (SSSR count). The molecular weight excluding hydrogens is 192 g/mol. The third-order valence-electron chi connectivity index (χ3n) is 2.86. The van der Waals surface area contributed by atoms with Crippen LogP contribution in [0.2, 0.25) is 0 Å². The van der Waals surface area contributed by atoms with Gasteiger partial charge in [-0.15, -0.1) is 4.91 Å². The molecular formula is C11H14N2O2. The van der Waals surface area contributed by atoms with Crippen LogP contribution in [0.5, 0.6) is 0 Å². The van der Waals surface area contributed by atoms with Gasteiger partial charge in [0.05, 0.1) is 23.1 Å². The molecule has 15 heavy (non-hydrogen) atoms. The summed E-state index contributed by atoms with van der Waals surface area (Å²) in [6.07, 6.45) is 0.0512. The standard InChI is InChI=1S/C11H14N2O2/c1-7-3-4-10-9(5-7)11(14)6-8(2)13(10)12-15/h3-5,8,11,14H,6H2,1-2H3/t8-,11+/m1/s1. The van der Waals surface area contributed by atoms with Crippen LogP contribution in [-0.2, 0) is 0 Å². The van der Waals surface area contributed by atoms with E-state index in [0.29, 0.717) is 6.42 Å². The summed E-state index contributed by atoms with van der Waals surface area (Å²) in [4.78, 5) is 10.7. The second-order valence-electron chi connectivity index (χ2n) is 4.09. The molecule has 4 nitrogen and oxygen atoms in total. The number of aliphatic hydroxyl groups excluding tert-OH is 1. The van der Waals surface area contributed by atoms with E-state index < -0.39 is 6.10 Å². The first kappa shape index (κ1) is 10.1. The van der Waals surface area contributed by atoms with E-state index in [2.05, 4.69) is 5.29 Å². The van der Waals surface area contributed by atoms with Gasteiger partial charge >= 0.3 is 0 Å². The highest BCUT2D eigenvalue weighted by molar-refractivity contribution is 5.57. The number of aryl methyl sites for hydroxylation is 1. The Balaban J connectivity index is 2.53. The predicted molar refractivity (Wildman–Crippen MR) is 58.5 cm³/mol. The molecule has 1 aromatic carbocycles. The minimum absolute atomic E-state index is 0.0484. The second-order valence-corrected chi connectivity index (χ2v) is 4.09. The van der Waals surface area contributed by atoms with Crippen LogP contribution < -0.4 is 5.01 Å². The van der Waals surface area contributed by atoms with E-state index in [1.807, 2.05) is 32.0 Å². The highest BCUT2D eigenvalue weighted by Gasteiger charge is 2.29. The number of hydrogen-bond acceptors (Lipinski definition) is 3. The summed E-state index contributed by atoms with van der Waals surface area (Å²) in [6.45, 7) is 3.84. The third kappa shape index (κ3) is 1.61. The summed E-state index contributed by atoms with van der Waals surface area (Å²) in [7, 11) is 0. The normalized spacial score (nSPS) is 24.9. The molecule has 1 aromatic rings. The van der Waals surface area contributed by atoms with E-state index in [-0.39, 0.29) is 6.04 Å². The van der Waals surface area contributed by atoms with Crippen LogP contribution in [-0.4, -0.2) is 11.1 Å². The fourth-order valence-corrected chi connectivity index (χ4v) is 2.06. The summed E-state index contributed by atoms with van der Waals surface area (Å²) in [6, 6.07) is 5.62. The van der Waals surface area contributed by atoms with Crippen molar-refractivity contribution in [2.24, 2.45) is 5.29 Å². The average Bonchev–Trinajstić information content (AvgIpc) is 2.19. The molecule has 0 saturated carbocycles. The summed E-state index contributed by atoms with van der Waals surface area (Å²) < 4.78 is 0. The lowest BCUT2D eigenvalue weighted by atomic mass is 9.94. The topological polar surface area (TPSA) is 52.9 Å². The van der Waals surface area contributed by atoms with Gasteiger partial charge in [0, 0.05) is 5.56 Å². The molecule has 0 amide bonds. The lowest BCUT2D eigenvalue weighted by molar-refractivity contribution is 0.151. The number of anilines is 1. The summed E-state index contributed by atoms with van der Waals surface area (Å²) >= 11 is 0. The van der Waals surface area contributed by atoms with Crippen LogP contribution in [0.25, 0.3) is 0 Å². The van der Waals surface area contributed by atoms with Gasteiger partial charge in [-0.2, -0.15) is 0 Å². The first-order valence-corrected chi connectivity index (χ1v) is 5.04. The Morgan fingerprint density at radius 1 is 1.53 bits per heavy atom. The molecule has 0 radical (unpaired) electrons. The number of nitrogens with zero attached hydrogens (tertiary/aromatic N) is 2. The Bertz CT molecular complexity index is 392. The van der Waals surface area contributed by atoms with Gasteiger partial charge in [0.2, 0.25) is 0 Å². The molecule has 80 valence electrons. The summed E-state index contributed by atoms with van der Waals surface area (Å²) in [5, 5.41) is 14.3. The lowest BCUT2D eigenvalue weighted by Gasteiger charge is -2.33. The van der Waals surface area contributed by atoms with Crippen molar-refractivity contribution < 1.29 is 5.11 Å². The zero-order valence-corrected chi connectivity index (χ0v) is 8.84. The number of aliphatic hydroxyl groups is 1. The van der Waals surface area contributed by atoms with Crippen molar-refractivity contribution in [3.8, 4) is 0 Å². The molecule has 0 bridgehead atoms. The quantitative estimate of drug-likeness (QED) is 0.717. The Labute approximate surface area is 88.5 Å². The first-order chi connectivity index (χ1) is 7.13. The monoisotopic (exact) mass is 206 g/mol. The fraction of sp³-hybridized carbons (Fsp3) is 0.455. The number of rotatable bonds is 1. The van der Waals surface area contributed by atoms with Crippen LogP contribution in [0.1, 0.15) is 30.6 Å². The minimum Gasteiger partial charge on any atom is -0.388 e. The van der Waals surface area contributed by atoms with Gasteiger partial charge in [0.1, 0.15) is 0 Å². The molecule has 0 aliphatic carbocycles. The van der Waals surface area contributed by atoms with E-state index in [4.69, 9.17) is 0 Å². The molecule has 0 unspecified atom stereocenters. The van der Waals surface area contributed by atoms with E-state index >= 15 is 0 Å². The predicted octanol–water partition coefficient (Wildman–Crippen LogP) is 2.31. The largest absolute Gasteiger partial charge is 0.388 e. The van der Waals surface area contributed by atoms with Gasteiger partial charge in [-0.05, 0) is 26.3 Å². The highest BCUT2D eigenvalue weighted by atomic mass is 16.3. The Morgan fingerprint density at radius 2 is 2.27 bits per heavy atom. The van der Waals surface area contributed by atoms with Crippen molar-refractivity contribution >= 4 is 5.69 Å². The third-order valence-corrected chi connectivity index (χ3v) is 2.86. The average molecular weight is 206 g/mol. The van der Waals surface area contributed by atoms with E-state index in [1.54, 1.807) is 0 Å². The number of benzene rings is 1. The van der Waals surface area contributed by atoms with Gasteiger partial charge in [-0.25, -0.2) is 5.01 Å². The van der Waals surface area contributed by atoms with Crippen LogP contribution in [0, 0.1) is 11.8 Å². The Hall–Kier alpha value is -1.42. The van der Waals surface area contributed by atoms with Crippen LogP contribution in [0.4, 0.5) is 5.69 Å². The number of fused-ring (bicyclic) bond motifs is 1. The molecule has 1 N–H and O–H groups in total. The van der Waals surface area contributed by atoms with Crippen molar-refractivity contribution in [1.82, 2.24) is 0 Å². The minimum atomic E-state index is -0.493. The van der Waals surface area contributed by atoms with Crippen molar-refractivity contribution in [3.63, 3.8) is 0 Å². The van der Waals surface area contributed by atoms with Crippen LogP contribution in [0.3, 0.4) is 0 Å². The molecule has 1 heterocycles.